The first kappa shape index (κ1) is 20.0. The second-order valence-electron chi connectivity index (χ2n) is 6.61. The van der Waals surface area contributed by atoms with Gasteiger partial charge in [-0.05, 0) is 38.0 Å². The van der Waals surface area contributed by atoms with E-state index in [9.17, 15) is 9.59 Å². The van der Waals surface area contributed by atoms with Crippen molar-refractivity contribution in [3.8, 4) is 0 Å². The fourth-order valence-electron chi connectivity index (χ4n) is 2.67. The minimum absolute atomic E-state index is 0.0159. The molecule has 0 radical (unpaired) electrons. The molecule has 2 aromatic rings. The molecule has 0 fully saturated rings. The van der Waals surface area contributed by atoms with Gasteiger partial charge in [-0.3, -0.25) is 9.59 Å². The first-order valence-corrected chi connectivity index (χ1v) is 9.13. The van der Waals surface area contributed by atoms with E-state index in [-0.39, 0.29) is 24.3 Å². The van der Waals surface area contributed by atoms with Gasteiger partial charge >= 0.3 is 0 Å². The van der Waals surface area contributed by atoms with Gasteiger partial charge in [0.2, 0.25) is 11.8 Å². The third-order valence-electron chi connectivity index (χ3n) is 4.09. The Morgan fingerprint density at radius 1 is 1.00 bits per heavy atom. The lowest BCUT2D eigenvalue weighted by Gasteiger charge is -2.29. The lowest BCUT2D eigenvalue weighted by molar-refractivity contribution is -0.140. The fourth-order valence-corrected chi connectivity index (χ4v) is 2.88. The highest BCUT2D eigenvalue weighted by Gasteiger charge is 2.26. The Bertz CT molecular complexity index is 747. The Labute approximate surface area is 160 Å². The summed E-state index contributed by atoms with van der Waals surface area (Å²) in [6.07, 6.45) is 0.159. The number of hydrogen-bond donors (Lipinski definition) is 1. The first-order valence-electron chi connectivity index (χ1n) is 8.75. The van der Waals surface area contributed by atoms with Crippen LogP contribution in [0, 0.1) is 0 Å². The highest BCUT2D eigenvalue weighted by Crippen LogP contribution is 2.18. The Balaban J connectivity index is 2.22. The van der Waals surface area contributed by atoms with Crippen molar-refractivity contribution in [3.05, 3.63) is 70.7 Å². The van der Waals surface area contributed by atoms with Crippen molar-refractivity contribution in [1.29, 1.82) is 0 Å². The molecule has 2 amide bonds. The Morgan fingerprint density at radius 2 is 1.62 bits per heavy atom. The monoisotopic (exact) mass is 372 g/mol. The average molecular weight is 373 g/mol. The van der Waals surface area contributed by atoms with E-state index in [1.54, 1.807) is 17.9 Å². The van der Waals surface area contributed by atoms with Crippen LogP contribution in [-0.4, -0.2) is 28.8 Å². The number of amides is 2. The minimum Gasteiger partial charge on any atom is -0.352 e. The number of benzene rings is 2. The van der Waals surface area contributed by atoms with Gasteiger partial charge in [0.05, 0.1) is 6.42 Å². The second-order valence-corrected chi connectivity index (χ2v) is 7.02. The third kappa shape index (κ3) is 5.60. The summed E-state index contributed by atoms with van der Waals surface area (Å²) in [4.78, 5) is 27.1. The molecule has 5 heteroatoms. The van der Waals surface area contributed by atoms with Crippen molar-refractivity contribution in [3.63, 3.8) is 0 Å². The molecule has 1 atom stereocenters. The summed E-state index contributed by atoms with van der Waals surface area (Å²) in [6, 6.07) is 16.4. The molecule has 0 saturated heterocycles. The van der Waals surface area contributed by atoms with E-state index >= 15 is 0 Å². The Hall–Kier alpha value is -2.33. The van der Waals surface area contributed by atoms with E-state index in [4.69, 9.17) is 11.6 Å². The van der Waals surface area contributed by atoms with Crippen molar-refractivity contribution in [2.75, 3.05) is 0 Å². The molecule has 0 spiro atoms. The molecule has 0 aliphatic carbocycles. The van der Waals surface area contributed by atoms with Crippen LogP contribution in [0.5, 0.6) is 0 Å². The van der Waals surface area contributed by atoms with E-state index < -0.39 is 6.04 Å². The van der Waals surface area contributed by atoms with Gasteiger partial charge in [-0.1, -0.05) is 60.1 Å². The number of nitrogens with one attached hydrogen (secondary N) is 1. The van der Waals surface area contributed by atoms with E-state index in [0.717, 1.165) is 11.1 Å². The second kappa shape index (κ2) is 9.39. The van der Waals surface area contributed by atoms with Crippen LogP contribution in [0.1, 0.15) is 31.9 Å². The molecule has 2 rings (SSSR count). The van der Waals surface area contributed by atoms with Crippen molar-refractivity contribution in [2.45, 2.75) is 45.8 Å². The molecular weight excluding hydrogens is 348 g/mol. The molecule has 1 unspecified atom stereocenters. The van der Waals surface area contributed by atoms with E-state index in [2.05, 4.69) is 5.32 Å². The van der Waals surface area contributed by atoms with E-state index in [0.29, 0.717) is 11.6 Å². The summed E-state index contributed by atoms with van der Waals surface area (Å²) >= 11 is 6.19. The van der Waals surface area contributed by atoms with Crippen LogP contribution in [0.25, 0.3) is 0 Å². The van der Waals surface area contributed by atoms with Crippen molar-refractivity contribution in [1.82, 2.24) is 10.2 Å². The number of carbonyl (C=O) groups is 2. The van der Waals surface area contributed by atoms with Gasteiger partial charge in [0.1, 0.15) is 6.04 Å². The van der Waals surface area contributed by atoms with Gasteiger partial charge in [0.25, 0.3) is 0 Å². The summed E-state index contributed by atoms with van der Waals surface area (Å²) in [5.41, 5.74) is 1.73. The van der Waals surface area contributed by atoms with Crippen LogP contribution >= 0.6 is 11.6 Å². The molecule has 1 N–H and O–H groups in total. The SMILES string of the molecule is CC(C)NC(=O)C(C)N(Cc1ccccc1)C(=O)Cc1ccccc1Cl. The standard InChI is InChI=1S/C21H25ClN2O2/c1-15(2)23-21(26)16(3)24(14-17-9-5-4-6-10-17)20(25)13-18-11-7-8-12-19(18)22/h4-12,15-16H,13-14H2,1-3H3,(H,23,26). The smallest absolute Gasteiger partial charge is 0.242 e. The first-order chi connectivity index (χ1) is 12.4. The number of hydrogen-bond acceptors (Lipinski definition) is 2. The van der Waals surface area contributed by atoms with Gasteiger partial charge < -0.3 is 10.2 Å². The highest BCUT2D eigenvalue weighted by molar-refractivity contribution is 6.31. The normalized spacial score (nSPS) is 11.9. The third-order valence-corrected chi connectivity index (χ3v) is 4.46. The molecule has 0 saturated carbocycles. The molecule has 138 valence electrons. The summed E-state index contributed by atoms with van der Waals surface area (Å²) in [5, 5.41) is 3.44. The molecule has 0 aliphatic rings. The zero-order valence-electron chi connectivity index (χ0n) is 15.4. The quantitative estimate of drug-likeness (QED) is 0.803. The zero-order valence-corrected chi connectivity index (χ0v) is 16.2. The number of rotatable bonds is 7. The largest absolute Gasteiger partial charge is 0.352 e. The van der Waals surface area contributed by atoms with E-state index in [1.165, 1.54) is 0 Å². The minimum atomic E-state index is -0.576. The molecule has 0 bridgehead atoms. The maximum atomic E-state index is 13.0. The van der Waals surface area contributed by atoms with Crippen LogP contribution in [0.3, 0.4) is 0 Å². The van der Waals surface area contributed by atoms with Crippen LogP contribution in [0.15, 0.2) is 54.6 Å². The number of carbonyl (C=O) groups excluding carboxylic acids is 2. The Morgan fingerprint density at radius 3 is 2.23 bits per heavy atom. The summed E-state index contributed by atoms with van der Waals surface area (Å²) in [5.74, 6) is -0.295. The molecular formula is C21H25ClN2O2. The Kier molecular flexibility index (Phi) is 7.22. The van der Waals surface area contributed by atoms with Gasteiger partial charge in [0, 0.05) is 17.6 Å². The predicted molar refractivity (Wildman–Crippen MR) is 105 cm³/mol. The van der Waals surface area contributed by atoms with Gasteiger partial charge in [-0.25, -0.2) is 0 Å². The molecule has 0 aliphatic heterocycles. The maximum Gasteiger partial charge on any atom is 0.242 e. The van der Waals surface area contributed by atoms with Crippen molar-refractivity contribution in [2.24, 2.45) is 0 Å². The summed E-state index contributed by atoms with van der Waals surface area (Å²) in [6.45, 7) is 5.93. The van der Waals surface area contributed by atoms with Gasteiger partial charge in [-0.15, -0.1) is 0 Å². The van der Waals surface area contributed by atoms with Gasteiger partial charge in [-0.2, -0.15) is 0 Å². The summed E-state index contributed by atoms with van der Waals surface area (Å²) < 4.78 is 0. The average Bonchev–Trinajstić information content (AvgIpc) is 2.61. The van der Waals surface area contributed by atoms with Gasteiger partial charge in [0.15, 0.2) is 0 Å². The van der Waals surface area contributed by atoms with Crippen LogP contribution < -0.4 is 5.32 Å². The lowest BCUT2D eigenvalue weighted by atomic mass is 10.1. The fraction of sp³-hybridized carbons (Fsp3) is 0.333. The maximum absolute atomic E-state index is 13.0. The van der Waals surface area contributed by atoms with E-state index in [1.807, 2.05) is 62.4 Å². The number of nitrogens with zero attached hydrogens (tertiary/aromatic N) is 1. The molecule has 0 aromatic heterocycles. The number of halogens is 1. The predicted octanol–water partition coefficient (Wildman–Crippen LogP) is 3.82. The topological polar surface area (TPSA) is 49.4 Å². The summed E-state index contributed by atoms with van der Waals surface area (Å²) in [7, 11) is 0. The molecule has 0 heterocycles. The van der Waals surface area contributed by atoms with Crippen LogP contribution in [-0.2, 0) is 22.6 Å². The van der Waals surface area contributed by atoms with Crippen LogP contribution in [0.4, 0.5) is 0 Å². The van der Waals surface area contributed by atoms with Crippen molar-refractivity contribution >= 4 is 23.4 Å². The zero-order chi connectivity index (χ0) is 19.1. The highest BCUT2D eigenvalue weighted by atomic mass is 35.5. The molecule has 2 aromatic carbocycles. The molecule has 4 nitrogen and oxygen atoms in total. The van der Waals surface area contributed by atoms with Crippen LogP contribution in [0.2, 0.25) is 5.02 Å². The molecule has 26 heavy (non-hydrogen) atoms. The lowest BCUT2D eigenvalue weighted by Crippen LogP contribution is -2.49. The van der Waals surface area contributed by atoms with Crippen molar-refractivity contribution < 1.29 is 9.59 Å².